The van der Waals surface area contributed by atoms with Gasteiger partial charge in [-0.2, -0.15) is 4.98 Å². The van der Waals surface area contributed by atoms with Crippen LogP contribution >= 0.6 is 11.8 Å². The second-order valence-electron chi connectivity index (χ2n) is 3.56. The molecule has 17 heavy (non-hydrogen) atoms. The third kappa shape index (κ3) is 1.91. The summed E-state index contributed by atoms with van der Waals surface area (Å²) in [6, 6.07) is 13.7. The van der Waals surface area contributed by atoms with Gasteiger partial charge in [-0.05, 0) is 30.5 Å². The van der Waals surface area contributed by atoms with E-state index in [0.29, 0.717) is 11.5 Å². The Hall–Kier alpha value is -1.81. The van der Waals surface area contributed by atoms with Gasteiger partial charge in [-0.15, -0.1) is 11.8 Å². The van der Waals surface area contributed by atoms with Gasteiger partial charge in [0.1, 0.15) is 0 Å². The van der Waals surface area contributed by atoms with Crippen molar-refractivity contribution >= 4 is 23.0 Å². The minimum atomic E-state index is 0.617. The predicted molar refractivity (Wildman–Crippen MR) is 69.0 cm³/mol. The van der Waals surface area contributed by atoms with Gasteiger partial charge in [0.25, 0.3) is 0 Å². The Kier molecular flexibility index (Phi) is 2.57. The monoisotopic (exact) mass is 242 g/mol. The summed E-state index contributed by atoms with van der Waals surface area (Å²) < 4.78 is 5.67. The molecule has 0 N–H and O–H groups in total. The first kappa shape index (κ1) is 10.4. The van der Waals surface area contributed by atoms with Crippen LogP contribution in [0.25, 0.3) is 22.7 Å². The van der Waals surface area contributed by atoms with Crippen molar-refractivity contribution in [2.75, 3.05) is 6.26 Å². The van der Waals surface area contributed by atoms with E-state index < -0.39 is 0 Å². The van der Waals surface area contributed by atoms with E-state index in [0.717, 1.165) is 16.2 Å². The molecule has 0 bridgehead atoms. The van der Waals surface area contributed by atoms with Crippen LogP contribution in [0.4, 0.5) is 0 Å². The largest absolute Gasteiger partial charge is 0.434 e. The molecule has 0 saturated carbocycles. The van der Waals surface area contributed by atoms with Gasteiger partial charge in [-0.25, -0.2) is 4.98 Å². The van der Waals surface area contributed by atoms with E-state index in [2.05, 4.69) is 9.97 Å². The molecule has 0 atom stereocenters. The molecule has 0 fully saturated rings. The molecular weight excluding hydrogens is 232 g/mol. The van der Waals surface area contributed by atoms with E-state index in [4.69, 9.17) is 4.42 Å². The first-order valence-corrected chi connectivity index (χ1v) is 6.46. The van der Waals surface area contributed by atoms with Crippen molar-refractivity contribution in [2.45, 2.75) is 5.03 Å². The number of benzene rings is 1. The molecule has 0 aliphatic rings. The summed E-state index contributed by atoms with van der Waals surface area (Å²) in [7, 11) is 0. The van der Waals surface area contributed by atoms with Crippen LogP contribution in [0.15, 0.2) is 51.9 Å². The summed E-state index contributed by atoms with van der Waals surface area (Å²) in [5.74, 6) is 0.617. The van der Waals surface area contributed by atoms with Crippen LogP contribution in [-0.2, 0) is 0 Å². The summed E-state index contributed by atoms with van der Waals surface area (Å²) in [6.45, 7) is 0. The van der Waals surface area contributed by atoms with Crippen LogP contribution in [0.3, 0.4) is 0 Å². The number of aromatic nitrogens is 2. The molecule has 3 rings (SSSR count). The van der Waals surface area contributed by atoms with E-state index in [1.165, 1.54) is 0 Å². The molecular formula is C13H10N2OS. The van der Waals surface area contributed by atoms with Crippen LogP contribution < -0.4 is 0 Å². The van der Waals surface area contributed by atoms with Crippen molar-refractivity contribution in [1.29, 1.82) is 0 Å². The fourth-order valence-corrected chi connectivity index (χ4v) is 2.00. The van der Waals surface area contributed by atoms with Crippen molar-refractivity contribution in [1.82, 2.24) is 9.97 Å². The molecule has 0 radical (unpaired) electrons. The summed E-state index contributed by atoms with van der Waals surface area (Å²) in [4.78, 5) is 8.80. The molecule has 4 heteroatoms. The lowest BCUT2D eigenvalue weighted by Gasteiger charge is -1.91. The molecule has 0 unspecified atom stereocenters. The highest BCUT2D eigenvalue weighted by atomic mass is 32.2. The number of hydrogen-bond donors (Lipinski definition) is 0. The number of oxazole rings is 1. The highest BCUT2D eigenvalue weighted by Gasteiger charge is 2.08. The van der Waals surface area contributed by atoms with Crippen LogP contribution in [0.1, 0.15) is 0 Å². The van der Waals surface area contributed by atoms with E-state index in [9.17, 15) is 0 Å². The summed E-state index contributed by atoms with van der Waals surface area (Å²) in [5, 5.41) is 0.949. The predicted octanol–water partition coefficient (Wildman–Crippen LogP) is 3.61. The lowest BCUT2D eigenvalue weighted by atomic mass is 10.2. The molecule has 2 heterocycles. The number of pyridine rings is 1. The SMILES string of the molecule is CSc1ccc2oc(-c3ccccc3)nc2n1. The van der Waals surface area contributed by atoms with E-state index in [-0.39, 0.29) is 0 Å². The van der Waals surface area contributed by atoms with Gasteiger partial charge in [0.05, 0.1) is 5.03 Å². The van der Waals surface area contributed by atoms with Gasteiger partial charge >= 0.3 is 0 Å². The third-order valence-corrected chi connectivity index (χ3v) is 3.10. The van der Waals surface area contributed by atoms with Crippen molar-refractivity contribution in [3.05, 3.63) is 42.5 Å². The van der Waals surface area contributed by atoms with Gasteiger partial charge in [0.15, 0.2) is 11.2 Å². The Balaban J connectivity index is 2.14. The normalized spacial score (nSPS) is 10.9. The standard InChI is InChI=1S/C13H10N2OS/c1-17-11-8-7-10-12(14-11)15-13(16-10)9-5-3-2-4-6-9/h2-8H,1H3. The summed E-state index contributed by atoms with van der Waals surface area (Å²) >= 11 is 1.60. The maximum atomic E-state index is 5.67. The quantitative estimate of drug-likeness (QED) is 0.643. The van der Waals surface area contributed by atoms with E-state index in [1.54, 1.807) is 11.8 Å². The zero-order chi connectivity index (χ0) is 11.7. The molecule has 3 aromatic rings. The van der Waals surface area contributed by atoms with Crippen LogP contribution in [0.2, 0.25) is 0 Å². The molecule has 0 spiro atoms. The summed E-state index contributed by atoms with van der Waals surface area (Å²) in [5.41, 5.74) is 2.36. The van der Waals surface area contributed by atoms with Crippen LogP contribution in [-0.4, -0.2) is 16.2 Å². The molecule has 1 aromatic carbocycles. The fraction of sp³-hybridized carbons (Fsp3) is 0.0769. The zero-order valence-electron chi connectivity index (χ0n) is 9.25. The number of hydrogen-bond acceptors (Lipinski definition) is 4. The second-order valence-corrected chi connectivity index (χ2v) is 4.39. The van der Waals surface area contributed by atoms with Crippen molar-refractivity contribution in [3.63, 3.8) is 0 Å². The van der Waals surface area contributed by atoms with Gasteiger partial charge in [-0.1, -0.05) is 18.2 Å². The van der Waals surface area contributed by atoms with Gasteiger partial charge in [-0.3, -0.25) is 0 Å². The highest BCUT2D eigenvalue weighted by molar-refractivity contribution is 7.98. The Labute approximate surface area is 103 Å². The Morgan fingerprint density at radius 3 is 2.59 bits per heavy atom. The van der Waals surface area contributed by atoms with E-state index >= 15 is 0 Å². The van der Waals surface area contributed by atoms with Gasteiger partial charge in [0.2, 0.25) is 5.89 Å². The number of fused-ring (bicyclic) bond motifs is 1. The minimum Gasteiger partial charge on any atom is -0.434 e. The first-order chi connectivity index (χ1) is 8.36. The molecule has 0 aliphatic carbocycles. The Morgan fingerprint density at radius 1 is 1.00 bits per heavy atom. The lowest BCUT2D eigenvalue weighted by Crippen LogP contribution is -1.80. The second kappa shape index (κ2) is 4.22. The Morgan fingerprint density at radius 2 is 1.82 bits per heavy atom. The minimum absolute atomic E-state index is 0.617. The Bertz CT molecular complexity index is 649. The van der Waals surface area contributed by atoms with Gasteiger partial charge < -0.3 is 4.42 Å². The zero-order valence-corrected chi connectivity index (χ0v) is 10.1. The maximum Gasteiger partial charge on any atom is 0.228 e. The molecule has 0 aliphatic heterocycles. The van der Waals surface area contributed by atoms with Gasteiger partial charge in [0, 0.05) is 5.56 Å². The lowest BCUT2D eigenvalue weighted by molar-refractivity contribution is 0.619. The van der Waals surface area contributed by atoms with Crippen LogP contribution in [0.5, 0.6) is 0 Å². The highest BCUT2D eigenvalue weighted by Crippen LogP contribution is 2.24. The topological polar surface area (TPSA) is 38.9 Å². The number of nitrogens with zero attached hydrogens (tertiary/aromatic N) is 2. The first-order valence-electron chi connectivity index (χ1n) is 5.24. The number of thioether (sulfide) groups is 1. The van der Waals surface area contributed by atoms with E-state index in [1.807, 2.05) is 48.7 Å². The van der Waals surface area contributed by atoms with Crippen LogP contribution in [0, 0.1) is 0 Å². The maximum absolute atomic E-state index is 5.67. The van der Waals surface area contributed by atoms with Crippen molar-refractivity contribution < 1.29 is 4.42 Å². The average molecular weight is 242 g/mol. The molecule has 84 valence electrons. The fourth-order valence-electron chi connectivity index (χ4n) is 1.62. The summed E-state index contributed by atoms with van der Waals surface area (Å²) in [6.07, 6.45) is 1.99. The smallest absolute Gasteiger partial charge is 0.228 e. The third-order valence-electron chi connectivity index (χ3n) is 2.46. The molecule has 0 amide bonds. The average Bonchev–Trinajstić information content (AvgIpc) is 2.82. The molecule has 3 nitrogen and oxygen atoms in total. The van der Waals surface area contributed by atoms with Crippen molar-refractivity contribution in [3.8, 4) is 11.5 Å². The van der Waals surface area contributed by atoms with Crippen molar-refractivity contribution in [2.24, 2.45) is 0 Å². The molecule has 0 saturated heterocycles. The number of rotatable bonds is 2. The molecule has 2 aromatic heterocycles.